The predicted octanol–water partition coefficient (Wildman–Crippen LogP) is 1.72. The Balaban J connectivity index is 1.98. The molecule has 0 spiro atoms. The Morgan fingerprint density at radius 2 is 1.90 bits per heavy atom. The van der Waals surface area contributed by atoms with Crippen molar-refractivity contribution in [2.45, 2.75) is 6.42 Å². The molecule has 2 rings (SSSR count). The van der Waals surface area contributed by atoms with Crippen LogP contribution >= 0.6 is 0 Å². The predicted molar refractivity (Wildman–Crippen MR) is 75.9 cm³/mol. The van der Waals surface area contributed by atoms with E-state index in [0.717, 1.165) is 5.56 Å². The molecule has 6 nitrogen and oxygen atoms in total. The molecule has 0 saturated heterocycles. The Morgan fingerprint density at radius 3 is 2.55 bits per heavy atom. The first kappa shape index (κ1) is 13.7. The van der Waals surface area contributed by atoms with Gasteiger partial charge in [0.2, 0.25) is 0 Å². The van der Waals surface area contributed by atoms with Crippen LogP contribution in [0.5, 0.6) is 5.75 Å². The van der Waals surface area contributed by atoms with Crippen molar-refractivity contribution in [1.29, 1.82) is 0 Å². The van der Waals surface area contributed by atoms with Gasteiger partial charge in [-0.2, -0.15) is 0 Å². The highest BCUT2D eigenvalue weighted by molar-refractivity contribution is 5.86. The number of aromatic nitrogens is 1. The topological polar surface area (TPSA) is 108 Å². The number of benzene rings is 1. The number of nitrogens with zero attached hydrogens (tertiary/aromatic N) is 1. The molecule has 0 amide bonds. The Bertz CT molecular complexity index is 612. The number of carboxylic acid groups (broad SMARTS) is 1. The van der Waals surface area contributed by atoms with Gasteiger partial charge in [0, 0.05) is 6.54 Å². The molecule has 0 atom stereocenters. The summed E-state index contributed by atoms with van der Waals surface area (Å²) in [4.78, 5) is 14.8. The van der Waals surface area contributed by atoms with Gasteiger partial charge in [-0.15, -0.1) is 0 Å². The second-order valence-electron chi connectivity index (χ2n) is 4.28. The molecule has 104 valence electrons. The fraction of sp³-hybridized carbons (Fsp3) is 0.143. The first-order valence-electron chi connectivity index (χ1n) is 6.08. The highest BCUT2D eigenvalue weighted by Gasteiger charge is 2.08. The van der Waals surface area contributed by atoms with Crippen LogP contribution in [0.4, 0.5) is 11.5 Å². The number of phenolic OH excluding ortho intramolecular Hbond substituents is 1. The molecule has 20 heavy (non-hydrogen) atoms. The van der Waals surface area contributed by atoms with Gasteiger partial charge in [-0.05, 0) is 36.2 Å². The molecule has 0 fully saturated rings. The summed E-state index contributed by atoms with van der Waals surface area (Å²) in [5, 5.41) is 21.1. The molecule has 0 aliphatic heterocycles. The van der Waals surface area contributed by atoms with Crippen molar-refractivity contribution in [3.63, 3.8) is 0 Å². The van der Waals surface area contributed by atoms with Crippen molar-refractivity contribution < 1.29 is 15.0 Å². The van der Waals surface area contributed by atoms with Crippen molar-refractivity contribution in [2.24, 2.45) is 0 Å². The zero-order chi connectivity index (χ0) is 14.5. The number of pyridine rings is 1. The summed E-state index contributed by atoms with van der Waals surface area (Å²) in [6.07, 6.45) is 0.707. The molecule has 1 heterocycles. The summed E-state index contributed by atoms with van der Waals surface area (Å²) < 4.78 is 0. The molecule has 0 radical (unpaired) electrons. The minimum Gasteiger partial charge on any atom is -0.508 e. The van der Waals surface area contributed by atoms with Gasteiger partial charge in [0.05, 0.1) is 5.69 Å². The number of aromatic carboxylic acids is 1. The quantitative estimate of drug-likeness (QED) is 0.660. The zero-order valence-corrected chi connectivity index (χ0v) is 10.7. The van der Waals surface area contributed by atoms with Gasteiger partial charge in [-0.1, -0.05) is 12.1 Å². The van der Waals surface area contributed by atoms with Crippen molar-refractivity contribution in [1.82, 2.24) is 4.98 Å². The van der Waals surface area contributed by atoms with Crippen LogP contribution in [-0.4, -0.2) is 27.7 Å². The molecule has 0 unspecified atom stereocenters. The van der Waals surface area contributed by atoms with E-state index in [1.807, 2.05) is 12.1 Å². The van der Waals surface area contributed by atoms with E-state index in [1.54, 1.807) is 12.1 Å². The van der Waals surface area contributed by atoms with Crippen LogP contribution in [0.15, 0.2) is 36.4 Å². The number of aromatic hydroxyl groups is 1. The lowest BCUT2D eigenvalue weighted by Crippen LogP contribution is -2.11. The molecule has 0 aliphatic carbocycles. The largest absolute Gasteiger partial charge is 0.508 e. The summed E-state index contributed by atoms with van der Waals surface area (Å²) in [6, 6.07) is 9.76. The number of nitrogen functional groups attached to an aromatic ring is 1. The number of hydrogen-bond donors (Lipinski definition) is 4. The number of carbonyl (C=O) groups is 1. The number of nitrogens with two attached hydrogens (primary N) is 1. The standard InChI is InChI=1S/C14H15N3O3/c15-11-5-6-12(14(19)20)17-13(11)16-8-7-9-1-3-10(18)4-2-9/h1-6,18H,7-8,15H2,(H,16,17)(H,19,20). The SMILES string of the molecule is Nc1ccc(C(=O)O)nc1NCCc1ccc(O)cc1. The Kier molecular flexibility index (Phi) is 4.05. The van der Waals surface area contributed by atoms with E-state index in [9.17, 15) is 9.90 Å². The third-order valence-corrected chi connectivity index (χ3v) is 2.79. The van der Waals surface area contributed by atoms with Gasteiger partial charge < -0.3 is 21.3 Å². The van der Waals surface area contributed by atoms with Crippen molar-refractivity contribution in [3.05, 3.63) is 47.7 Å². The molecule has 1 aromatic carbocycles. The lowest BCUT2D eigenvalue weighted by molar-refractivity contribution is 0.0690. The molecule has 0 aliphatic rings. The number of rotatable bonds is 5. The van der Waals surface area contributed by atoms with Crippen LogP contribution < -0.4 is 11.1 Å². The van der Waals surface area contributed by atoms with Gasteiger partial charge in [-0.3, -0.25) is 0 Å². The molecule has 6 heteroatoms. The van der Waals surface area contributed by atoms with Crippen LogP contribution in [0.1, 0.15) is 16.1 Å². The van der Waals surface area contributed by atoms with Gasteiger partial charge in [0.25, 0.3) is 0 Å². The Morgan fingerprint density at radius 1 is 1.20 bits per heavy atom. The fourth-order valence-electron chi connectivity index (χ4n) is 1.72. The zero-order valence-electron chi connectivity index (χ0n) is 10.7. The van der Waals surface area contributed by atoms with E-state index in [4.69, 9.17) is 10.8 Å². The summed E-state index contributed by atoms with van der Waals surface area (Å²) in [7, 11) is 0. The van der Waals surface area contributed by atoms with Crippen LogP contribution in [0.2, 0.25) is 0 Å². The lowest BCUT2D eigenvalue weighted by Gasteiger charge is -2.09. The highest BCUT2D eigenvalue weighted by Crippen LogP contribution is 2.16. The van der Waals surface area contributed by atoms with Gasteiger partial charge in [-0.25, -0.2) is 9.78 Å². The van der Waals surface area contributed by atoms with Crippen LogP contribution in [0, 0.1) is 0 Å². The average molecular weight is 273 g/mol. The summed E-state index contributed by atoms with van der Waals surface area (Å²) >= 11 is 0. The van der Waals surface area contributed by atoms with Gasteiger partial charge in [0.1, 0.15) is 11.6 Å². The molecular formula is C14H15N3O3. The maximum absolute atomic E-state index is 10.8. The minimum atomic E-state index is -1.09. The normalized spacial score (nSPS) is 10.2. The lowest BCUT2D eigenvalue weighted by atomic mass is 10.1. The van der Waals surface area contributed by atoms with Crippen LogP contribution in [-0.2, 0) is 6.42 Å². The third kappa shape index (κ3) is 3.38. The fourth-order valence-corrected chi connectivity index (χ4v) is 1.72. The van der Waals surface area contributed by atoms with Gasteiger partial charge >= 0.3 is 5.97 Å². The first-order chi connectivity index (χ1) is 9.56. The Hall–Kier alpha value is -2.76. The van der Waals surface area contributed by atoms with E-state index < -0.39 is 5.97 Å². The van der Waals surface area contributed by atoms with Crippen LogP contribution in [0.3, 0.4) is 0 Å². The summed E-state index contributed by atoms with van der Waals surface area (Å²) in [6.45, 7) is 0.561. The molecule has 0 bridgehead atoms. The van der Waals surface area contributed by atoms with E-state index in [0.29, 0.717) is 24.5 Å². The monoisotopic (exact) mass is 273 g/mol. The number of nitrogens with one attached hydrogen (secondary N) is 1. The van der Waals surface area contributed by atoms with Crippen molar-refractivity contribution in [3.8, 4) is 5.75 Å². The second-order valence-corrected chi connectivity index (χ2v) is 4.28. The van der Waals surface area contributed by atoms with Gasteiger partial charge in [0.15, 0.2) is 5.69 Å². The van der Waals surface area contributed by atoms with E-state index >= 15 is 0 Å². The summed E-state index contributed by atoms with van der Waals surface area (Å²) in [5.74, 6) is -0.503. The van der Waals surface area contributed by atoms with E-state index in [-0.39, 0.29) is 11.4 Å². The van der Waals surface area contributed by atoms with Crippen molar-refractivity contribution >= 4 is 17.5 Å². The molecule has 5 N–H and O–H groups in total. The van der Waals surface area contributed by atoms with E-state index in [1.165, 1.54) is 12.1 Å². The first-order valence-corrected chi connectivity index (χ1v) is 6.08. The number of anilines is 2. The number of phenols is 1. The maximum Gasteiger partial charge on any atom is 0.354 e. The Labute approximate surface area is 115 Å². The average Bonchev–Trinajstić information content (AvgIpc) is 2.43. The molecule has 2 aromatic rings. The molecule has 0 saturated carbocycles. The maximum atomic E-state index is 10.8. The smallest absolute Gasteiger partial charge is 0.354 e. The highest BCUT2D eigenvalue weighted by atomic mass is 16.4. The number of carboxylic acids is 1. The second kappa shape index (κ2) is 5.92. The summed E-state index contributed by atoms with van der Waals surface area (Å²) in [5.41, 5.74) is 7.14. The third-order valence-electron chi connectivity index (χ3n) is 2.79. The van der Waals surface area contributed by atoms with Crippen molar-refractivity contribution in [2.75, 3.05) is 17.6 Å². The van der Waals surface area contributed by atoms with Crippen LogP contribution in [0.25, 0.3) is 0 Å². The molecular weight excluding hydrogens is 258 g/mol. The van der Waals surface area contributed by atoms with E-state index in [2.05, 4.69) is 10.3 Å². The minimum absolute atomic E-state index is 0.0497. The number of hydrogen-bond acceptors (Lipinski definition) is 5. The molecule has 1 aromatic heterocycles.